The molecule has 2 fully saturated rings. The van der Waals surface area contributed by atoms with Crippen molar-refractivity contribution in [2.45, 2.75) is 41.4 Å². The van der Waals surface area contributed by atoms with Gasteiger partial charge in [0.25, 0.3) is 5.91 Å². The van der Waals surface area contributed by atoms with Crippen LogP contribution in [-0.2, 0) is 15.4 Å². The number of amides is 1. The molecule has 0 aliphatic heterocycles. The number of aromatic amines is 1. The fourth-order valence-corrected chi connectivity index (χ4v) is 9.12. The van der Waals surface area contributed by atoms with Gasteiger partial charge < -0.3 is 15.4 Å². The van der Waals surface area contributed by atoms with E-state index in [0.29, 0.717) is 42.2 Å². The topological polar surface area (TPSA) is 125 Å². The van der Waals surface area contributed by atoms with E-state index < -0.39 is 55.9 Å². The number of anilines is 1. The third kappa shape index (κ3) is 4.97. The summed E-state index contributed by atoms with van der Waals surface area (Å²) >= 11 is 6.33. The van der Waals surface area contributed by atoms with E-state index in [1.807, 2.05) is 6.07 Å². The molecule has 13 heteroatoms. The molecule has 4 aromatic rings. The van der Waals surface area contributed by atoms with Crippen LogP contribution in [-0.4, -0.2) is 39.6 Å². The van der Waals surface area contributed by atoms with Gasteiger partial charge in [-0.15, -0.1) is 0 Å². The predicted octanol–water partition coefficient (Wildman–Crippen LogP) is 5.64. The third-order valence-corrected chi connectivity index (χ3v) is 11.0. The molecule has 2 bridgehead atoms. The molecule has 8 nitrogen and oxygen atoms in total. The highest BCUT2D eigenvalue weighted by Gasteiger charge is 2.55. The number of carbonyl (C=O) groups is 1. The first-order valence-corrected chi connectivity index (χ1v) is 15.1. The fourth-order valence-electron chi connectivity index (χ4n) is 6.27. The van der Waals surface area contributed by atoms with Gasteiger partial charge >= 0.3 is 0 Å². The van der Waals surface area contributed by atoms with Crippen molar-refractivity contribution in [2.75, 3.05) is 5.32 Å². The lowest BCUT2D eigenvalue weighted by molar-refractivity contribution is -0.0309. The molecule has 2 saturated carbocycles. The second-order valence-corrected chi connectivity index (χ2v) is 13.2. The number of aliphatic hydroxyl groups is 1. The molecule has 4 atom stereocenters. The number of nitrogens with zero attached hydrogens (tertiary/aromatic N) is 2. The van der Waals surface area contributed by atoms with Crippen LogP contribution in [0, 0.1) is 29.3 Å². The first kappa shape index (κ1) is 28.4. The Hall–Kier alpha value is -3.74. The maximum atomic E-state index is 14.0. The number of hydrogen-bond acceptors (Lipinski definition) is 6. The Labute approximate surface area is 243 Å². The van der Waals surface area contributed by atoms with Gasteiger partial charge in [-0.2, -0.15) is 0 Å². The van der Waals surface area contributed by atoms with Gasteiger partial charge in [-0.3, -0.25) is 9.78 Å². The summed E-state index contributed by atoms with van der Waals surface area (Å²) in [4.78, 5) is 24.5. The minimum Gasteiger partial charge on any atom is -0.382 e. The summed E-state index contributed by atoms with van der Waals surface area (Å²) in [5.74, 6) is -5.97. The van der Waals surface area contributed by atoms with Gasteiger partial charge in [-0.25, -0.2) is 26.6 Å². The molecule has 1 amide bonds. The lowest BCUT2D eigenvalue weighted by atomic mass is 9.76. The maximum Gasteiger partial charge on any atom is 0.255 e. The van der Waals surface area contributed by atoms with Gasteiger partial charge in [0.15, 0.2) is 27.3 Å². The number of halogens is 4. The molecule has 0 radical (unpaired) electrons. The van der Waals surface area contributed by atoms with Gasteiger partial charge in [0, 0.05) is 35.8 Å². The molecule has 42 heavy (non-hydrogen) atoms. The van der Waals surface area contributed by atoms with Crippen LogP contribution in [0.3, 0.4) is 0 Å². The summed E-state index contributed by atoms with van der Waals surface area (Å²) in [6, 6.07) is 10.3. The number of rotatable bonds is 6. The fraction of sp³-hybridized carbons (Fsp3) is 0.276. The number of imidazole rings is 1. The van der Waals surface area contributed by atoms with Crippen LogP contribution in [0.4, 0.5) is 18.9 Å². The average molecular weight is 617 g/mol. The molecular formula is C29H24ClF3N4O4S. The van der Waals surface area contributed by atoms with E-state index in [9.17, 15) is 31.5 Å². The standard InChI is InChI=1S/C29H24ClF3N4O4S/c30-19-7-6-15(27(38)36-18-10-20(31)25(33)21(32)11-18)9-24(19)42(40,41)26-16-4-5-17(26)13-29(39,12-16)28-35-14-23(37-28)22-3-1-2-8-34-22/h1-3,6-11,14,16-17,26,39H,4-5,12-13H2,(H,35,37)(H,36,38)/t16-,17?,26?,29+/m0/s1. The SMILES string of the molecule is O=C(Nc1cc(F)c(F)c(F)c1)c1ccc(Cl)c(S(=O)(=O)C2C3CC[C@H]2C[C@](O)(c2nc(-c4ccccn4)c[nH]2)C3)c1. The zero-order valence-corrected chi connectivity index (χ0v) is 23.4. The minimum atomic E-state index is -4.08. The highest BCUT2D eigenvalue weighted by molar-refractivity contribution is 7.92. The van der Waals surface area contributed by atoms with E-state index in [-0.39, 0.29) is 34.0 Å². The Balaban J connectivity index is 1.25. The second-order valence-electron chi connectivity index (χ2n) is 10.7. The van der Waals surface area contributed by atoms with Crippen molar-refractivity contribution in [1.29, 1.82) is 0 Å². The Kier molecular flexibility index (Phi) is 7.11. The quantitative estimate of drug-likeness (QED) is 0.241. The van der Waals surface area contributed by atoms with E-state index in [1.54, 1.807) is 24.5 Å². The molecule has 0 saturated heterocycles. The molecule has 2 aliphatic carbocycles. The van der Waals surface area contributed by atoms with E-state index in [2.05, 4.69) is 20.3 Å². The molecule has 2 aromatic heterocycles. The maximum absolute atomic E-state index is 14.0. The summed E-state index contributed by atoms with van der Waals surface area (Å²) < 4.78 is 68.5. The van der Waals surface area contributed by atoms with Crippen molar-refractivity contribution < 1.29 is 31.5 Å². The lowest BCUT2D eigenvalue weighted by Crippen LogP contribution is -2.45. The summed E-state index contributed by atoms with van der Waals surface area (Å²) in [7, 11) is -4.08. The second kappa shape index (κ2) is 10.5. The highest BCUT2D eigenvalue weighted by Crippen LogP contribution is 2.54. The normalized spacial score (nSPS) is 23.6. The summed E-state index contributed by atoms with van der Waals surface area (Å²) in [5, 5.41) is 13.0. The smallest absolute Gasteiger partial charge is 0.255 e. The first-order chi connectivity index (χ1) is 20.0. The van der Waals surface area contributed by atoms with Crippen LogP contribution in [0.5, 0.6) is 0 Å². The largest absolute Gasteiger partial charge is 0.382 e. The molecular weight excluding hydrogens is 593 g/mol. The molecule has 6 rings (SSSR count). The van der Waals surface area contributed by atoms with Gasteiger partial charge in [0.1, 0.15) is 17.1 Å². The summed E-state index contributed by atoms with van der Waals surface area (Å²) in [5.41, 5.74) is -0.633. The van der Waals surface area contributed by atoms with E-state index in [1.165, 1.54) is 12.1 Å². The van der Waals surface area contributed by atoms with Crippen LogP contribution in [0.15, 0.2) is 65.8 Å². The minimum absolute atomic E-state index is 0.0864. The van der Waals surface area contributed by atoms with Crippen molar-refractivity contribution in [2.24, 2.45) is 11.8 Å². The number of nitrogens with one attached hydrogen (secondary N) is 2. The molecule has 2 aromatic carbocycles. The van der Waals surface area contributed by atoms with Crippen LogP contribution < -0.4 is 5.32 Å². The van der Waals surface area contributed by atoms with Crippen LogP contribution in [0.1, 0.15) is 41.9 Å². The van der Waals surface area contributed by atoms with Gasteiger partial charge in [-0.05, 0) is 67.9 Å². The Morgan fingerprint density at radius 2 is 1.71 bits per heavy atom. The summed E-state index contributed by atoms with van der Waals surface area (Å²) in [6.07, 6.45) is 4.75. The Bertz CT molecular complexity index is 1760. The molecule has 218 valence electrons. The molecule has 2 aliphatic rings. The Morgan fingerprint density at radius 1 is 1.02 bits per heavy atom. The van der Waals surface area contributed by atoms with Gasteiger partial charge in [0.05, 0.1) is 20.9 Å². The number of aromatic nitrogens is 3. The van der Waals surface area contributed by atoms with E-state index in [4.69, 9.17) is 11.6 Å². The number of carbonyl (C=O) groups excluding carboxylic acids is 1. The van der Waals surface area contributed by atoms with Crippen molar-refractivity contribution in [3.05, 3.63) is 94.8 Å². The molecule has 2 unspecified atom stereocenters. The van der Waals surface area contributed by atoms with Crippen molar-refractivity contribution in [3.8, 4) is 11.4 Å². The van der Waals surface area contributed by atoms with E-state index in [0.717, 1.165) is 6.07 Å². The van der Waals surface area contributed by atoms with Gasteiger partial charge in [0.2, 0.25) is 0 Å². The van der Waals surface area contributed by atoms with Crippen molar-refractivity contribution in [1.82, 2.24) is 15.0 Å². The predicted molar refractivity (Wildman–Crippen MR) is 148 cm³/mol. The number of H-pyrrole nitrogens is 1. The number of sulfone groups is 1. The monoisotopic (exact) mass is 616 g/mol. The van der Waals surface area contributed by atoms with E-state index >= 15 is 0 Å². The zero-order valence-electron chi connectivity index (χ0n) is 21.8. The Morgan fingerprint density at radius 3 is 2.36 bits per heavy atom. The molecule has 3 N–H and O–H groups in total. The van der Waals surface area contributed by atoms with Crippen LogP contribution >= 0.6 is 11.6 Å². The number of fused-ring (bicyclic) bond motifs is 2. The van der Waals surface area contributed by atoms with Crippen molar-refractivity contribution >= 4 is 33.0 Å². The molecule has 0 spiro atoms. The number of benzene rings is 2. The van der Waals surface area contributed by atoms with Crippen LogP contribution in [0.25, 0.3) is 11.4 Å². The van der Waals surface area contributed by atoms with Crippen molar-refractivity contribution in [3.63, 3.8) is 0 Å². The summed E-state index contributed by atoms with van der Waals surface area (Å²) in [6.45, 7) is 0. The lowest BCUT2D eigenvalue weighted by Gasteiger charge is -2.39. The van der Waals surface area contributed by atoms with Crippen LogP contribution in [0.2, 0.25) is 5.02 Å². The third-order valence-electron chi connectivity index (χ3n) is 8.08. The highest BCUT2D eigenvalue weighted by atomic mass is 35.5. The average Bonchev–Trinajstić information content (AvgIpc) is 3.57. The zero-order chi connectivity index (χ0) is 29.8. The first-order valence-electron chi connectivity index (χ1n) is 13.2. The molecule has 2 heterocycles. The number of hydrogen-bond donors (Lipinski definition) is 3. The van der Waals surface area contributed by atoms with Gasteiger partial charge in [-0.1, -0.05) is 17.7 Å². The number of pyridine rings is 1.